The number of nitrogens with zero attached hydrogens (tertiary/aromatic N) is 2. The summed E-state index contributed by atoms with van der Waals surface area (Å²) in [5.74, 6) is 2.42. The zero-order valence-corrected chi connectivity index (χ0v) is 16.6. The number of aliphatic imine (C=N–C) groups is 1. The standard InChI is InChI=1S/C20H32N4O3/c1-4-21-20(22-11-15(2)24-9-10-25-13-16(24)3)23-12-17-14-26-18-7-5-6-8-19(18)27-17/h5-8,15-17H,4,9-14H2,1-3H3,(H2,21,22,23). The number of guanidine groups is 1. The number of fused-ring (bicyclic) bond motifs is 1. The molecule has 0 spiro atoms. The monoisotopic (exact) mass is 376 g/mol. The molecule has 150 valence electrons. The van der Waals surface area contributed by atoms with E-state index in [9.17, 15) is 0 Å². The maximum absolute atomic E-state index is 6.00. The van der Waals surface area contributed by atoms with E-state index in [2.05, 4.69) is 36.3 Å². The van der Waals surface area contributed by atoms with Gasteiger partial charge in [0.1, 0.15) is 12.7 Å². The van der Waals surface area contributed by atoms with Gasteiger partial charge in [-0.1, -0.05) is 12.1 Å². The maximum Gasteiger partial charge on any atom is 0.191 e. The van der Waals surface area contributed by atoms with Crippen LogP contribution >= 0.6 is 0 Å². The minimum atomic E-state index is -0.0413. The van der Waals surface area contributed by atoms with Crippen LogP contribution in [0.15, 0.2) is 29.3 Å². The molecule has 7 heteroatoms. The summed E-state index contributed by atoms with van der Waals surface area (Å²) < 4.78 is 17.3. The van der Waals surface area contributed by atoms with Crippen molar-refractivity contribution in [2.75, 3.05) is 46.0 Å². The summed E-state index contributed by atoms with van der Waals surface area (Å²) in [6.45, 7) is 11.8. The molecule has 0 amide bonds. The second-order valence-corrected chi connectivity index (χ2v) is 7.11. The second-order valence-electron chi connectivity index (χ2n) is 7.11. The molecule has 0 saturated carbocycles. The Morgan fingerprint density at radius 3 is 2.85 bits per heavy atom. The smallest absolute Gasteiger partial charge is 0.191 e. The highest BCUT2D eigenvalue weighted by atomic mass is 16.6. The summed E-state index contributed by atoms with van der Waals surface area (Å²) in [7, 11) is 0. The van der Waals surface area contributed by atoms with Gasteiger partial charge >= 0.3 is 0 Å². The van der Waals surface area contributed by atoms with E-state index in [1.165, 1.54) is 0 Å². The van der Waals surface area contributed by atoms with Crippen LogP contribution in [0.2, 0.25) is 0 Å². The Labute approximate surface area is 162 Å². The quantitative estimate of drug-likeness (QED) is 0.579. The highest BCUT2D eigenvalue weighted by Crippen LogP contribution is 2.30. The lowest BCUT2D eigenvalue weighted by Gasteiger charge is -2.37. The van der Waals surface area contributed by atoms with E-state index in [0.717, 1.165) is 50.3 Å². The van der Waals surface area contributed by atoms with Crippen LogP contribution in [0.1, 0.15) is 20.8 Å². The molecule has 1 aromatic rings. The lowest BCUT2D eigenvalue weighted by atomic mass is 10.2. The number of ether oxygens (including phenoxy) is 3. The van der Waals surface area contributed by atoms with Gasteiger partial charge in [-0.3, -0.25) is 9.89 Å². The van der Waals surface area contributed by atoms with Crippen molar-refractivity contribution in [2.24, 2.45) is 4.99 Å². The zero-order valence-electron chi connectivity index (χ0n) is 16.6. The molecule has 2 heterocycles. The van der Waals surface area contributed by atoms with E-state index in [0.29, 0.717) is 25.2 Å². The van der Waals surface area contributed by atoms with E-state index in [1.807, 2.05) is 24.3 Å². The van der Waals surface area contributed by atoms with Crippen molar-refractivity contribution in [1.29, 1.82) is 0 Å². The molecule has 1 aromatic carbocycles. The first-order valence-electron chi connectivity index (χ1n) is 9.91. The molecule has 27 heavy (non-hydrogen) atoms. The predicted molar refractivity (Wildman–Crippen MR) is 107 cm³/mol. The number of hydrogen-bond donors (Lipinski definition) is 2. The Hall–Kier alpha value is -1.99. The van der Waals surface area contributed by atoms with Crippen LogP contribution in [0.4, 0.5) is 0 Å². The average Bonchev–Trinajstić information content (AvgIpc) is 2.70. The third-order valence-corrected chi connectivity index (χ3v) is 4.91. The second kappa shape index (κ2) is 9.80. The first-order chi connectivity index (χ1) is 13.2. The molecule has 2 N–H and O–H groups in total. The van der Waals surface area contributed by atoms with Crippen molar-refractivity contribution < 1.29 is 14.2 Å². The minimum absolute atomic E-state index is 0.0413. The van der Waals surface area contributed by atoms with Crippen molar-refractivity contribution >= 4 is 5.96 Å². The molecule has 0 bridgehead atoms. The van der Waals surface area contributed by atoms with E-state index in [4.69, 9.17) is 19.2 Å². The maximum atomic E-state index is 6.00. The summed E-state index contributed by atoms with van der Waals surface area (Å²) in [4.78, 5) is 7.23. The Balaban J connectivity index is 1.50. The van der Waals surface area contributed by atoms with Crippen molar-refractivity contribution in [2.45, 2.75) is 39.0 Å². The molecule has 0 aromatic heterocycles. The number of benzene rings is 1. The highest BCUT2D eigenvalue weighted by molar-refractivity contribution is 5.79. The highest BCUT2D eigenvalue weighted by Gasteiger charge is 2.24. The van der Waals surface area contributed by atoms with Gasteiger partial charge in [-0.2, -0.15) is 0 Å². The molecule has 0 radical (unpaired) electrons. The van der Waals surface area contributed by atoms with Crippen LogP contribution < -0.4 is 20.1 Å². The fourth-order valence-electron chi connectivity index (χ4n) is 3.44. The molecule has 0 aliphatic carbocycles. The minimum Gasteiger partial charge on any atom is -0.486 e. The van der Waals surface area contributed by atoms with Crippen molar-refractivity contribution in [3.63, 3.8) is 0 Å². The van der Waals surface area contributed by atoms with Gasteiger partial charge in [0.25, 0.3) is 0 Å². The van der Waals surface area contributed by atoms with Gasteiger partial charge in [0.15, 0.2) is 17.5 Å². The summed E-state index contributed by atoms with van der Waals surface area (Å²) in [5.41, 5.74) is 0. The molecule has 1 saturated heterocycles. The molecule has 2 aliphatic rings. The lowest BCUT2D eigenvalue weighted by molar-refractivity contribution is -0.0165. The van der Waals surface area contributed by atoms with Crippen LogP contribution in [0.5, 0.6) is 11.5 Å². The van der Waals surface area contributed by atoms with Crippen LogP contribution in [0.25, 0.3) is 0 Å². The van der Waals surface area contributed by atoms with E-state index in [1.54, 1.807) is 0 Å². The topological polar surface area (TPSA) is 67.4 Å². The fourth-order valence-corrected chi connectivity index (χ4v) is 3.44. The Bertz CT molecular complexity index is 625. The van der Waals surface area contributed by atoms with Gasteiger partial charge in [-0.05, 0) is 32.9 Å². The third kappa shape index (κ3) is 5.49. The number of hydrogen-bond acceptors (Lipinski definition) is 5. The Morgan fingerprint density at radius 1 is 1.26 bits per heavy atom. The van der Waals surface area contributed by atoms with Gasteiger partial charge in [0, 0.05) is 25.2 Å². The Kier molecular flexibility index (Phi) is 7.18. The van der Waals surface area contributed by atoms with Crippen molar-refractivity contribution in [3.05, 3.63) is 24.3 Å². The lowest BCUT2D eigenvalue weighted by Crippen LogP contribution is -2.50. The molecular formula is C20H32N4O3. The van der Waals surface area contributed by atoms with E-state index in [-0.39, 0.29) is 6.10 Å². The van der Waals surface area contributed by atoms with Crippen molar-refractivity contribution in [3.8, 4) is 11.5 Å². The summed E-state index contributed by atoms with van der Waals surface area (Å²) >= 11 is 0. The molecule has 3 atom stereocenters. The molecule has 3 rings (SSSR count). The van der Waals surface area contributed by atoms with Crippen LogP contribution in [0.3, 0.4) is 0 Å². The normalized spacial score (nSPS) is 24.3. The van der Waals surface area contributed by atoms with Crippen molar-refractivity contribution in [1.82, 2.24) is 15.5 Å². The molecule has 2 aliphatic heterocycles. The zero-order chi connectivity index (χ0) is 19.1. The predicted octanol–water partition coefficient (Wildman–Crippen LogP) is 1.49. The first kappa shape index (κ1) is 19.8. The van der Waals surface area contributed by atoms with E-state index >= 15 is 0 Å². The van der Waals surface area contributed by atoms with Gasteiger partial charge in [0.2, 0.25) is 0 Å². The van der Waals surface area contributed by atoms with Gasteiger partial charge < -0.3 is 24.8 Å². The van der Waals surface area contributed by atoms with Crippen LogP contribution in [0, 0.1) is 0 Å². The molecular weight excluding hydrogens is 344 g/mol. The van der Waals surface area contributed by atoms with Gasteiger partial charge in [-0.25, -0.2) is 0 Å². The van der Waals surface area contributed by atoms with Gasteiger partial charge in [-0.15, -0.1) is 0 Å². The third-order valence-electron chi connectivity index (χ3n) is 4.91. The molecule has 3 unspecified atom stereocenters. The first-order valence-corrected chi connectivity index (χ1v) is 9.91. The number of rotatable bonds is 6. The number of nitrogens with one attached hydrogen (secondary N) is 2. The van der Waals surface area contributed by atoms with E-state index < -0.39 is 0 Å². The fraction of sp³-hybridized carbons (Fsp3) is 0.650. The van der Waals surface area contributed by atoms with Crippen LogP contribution in [-0.2, 0) is 4.74 Å². The SMILES string of the molecule is CCNC(=NCC(C)N1CCOCC1C)NCC1COc2ccccc2O1. The average molecular weight is 377 g/mol. The summed E-state index contributed by atoms with van der Waals surface area (Å²) in [5, 5.41) is 6.69. The largest absolute Gasteiger partial charge is 0.486 e. The number of para-hydroxylation sites is 2. The molecule has 1 fully saturated rings. The number of morpholine rings is 1. The van der Waals surface area contributed by atoms with Crippen LogP contribution in [-0.4, -0.2) is 75.0 Å². The van der Waals surface area contributed by atoms with Gasteiger partial charge in [0.05, 0.1) is 26.3 Å². The summed E-state index contributed by atoms with van der Waals surface area (Å²) in [6, 6.07) is 8.59. The summed E-state index contributed by atoms with van der Waals surface area (Å²) in [6.07, 6.45) is -0.0413. The Morgan fingerprint density at radius 2 is 2.07 bits per heavy atom. The molecule has 7 nitrogen and oxygen atoms in total.